The Morgan fingerprint density at radius 3 is 1.90 bits per heavy atom. The largest absolute Gasteiger partial charge is 0.333 e. The zero-order valence-electron chi connectivity index (χ0n) is 18.4. The van der Waals surface area contributed by atoms with Crippen molar-refractivity contribution in [2.75, 3.05) is 0 Å². The molecule has 0 fully saturated rings. The highest BCUT2D eigenvalue weighted by atomic mass is 32.2. The summed E-state index contributed by atoms with van der Waals surface area (Å²) in [6.07, 6.45) is 1.20. The van der Waals surface area contributed by atoms with Crippen LogP contribution in [0.4, 0.5) is 0 Å². The van der Waals surface area contributed by atoms with E-state index in [0.717, 1.165) is 14.2 Å². The zero-order chi connectivity index (χ0) is 22.6. The van der Waals surface area contributed by atoms with Gasteiger partial charge in [-0.25, -0.2) is 4.79 Å². The summed E-state index contributed by atoms with van der Waals surface area (Å²) in [5, 5.41) is 4.24. The van der Waals surface area contributed by atoms with Gasteiger partial charge in [0.25, 0.3) is 15.6 Å². The van der Waals surface area contributed by atoms with Crippen LogP contribution < -0.4 is 11.2 Å². The predicted octanol–water partition coefficient (Wildman–Crippen LogP) is 3.06. The molecular weight excluding hydrogens is 404 g/mol. The van der Waals surface area contributed by atoms with Crippen molar-refractivity contribution in [1.82, 2.24) is 18.3 Å². The first kappa shape index (κ1) is 22.0. The summed E-state index contributed by atoms with van der Waals surface area (Å²) in [6.45, 7) is 13.2. The Morgan fingerprint density at radius 2 is 1.43 bits per heavy atom. The van der Waals surface area contributed by atoms with Crippen LogP contribution in [-0.2, 0) is 15.4 Å². The molecule has 3 aromatic rings. The van der Waals surface area contributed by atoms with Gasteiger partial charge in [0.15, 0.2) is 5.65 Å². The van der Waals surface area contributed by atoms with E-state index in [1.807, 2.05) is 20.8 Å². The smallest absolute Gasteiger partial charge is 0.273 e. The van der Waals surface area contributed by atoms with Crippen molar-refractivity contribution in [2.24, 2.45) is 0 Å². The monoisotopic (exact) mass is 432 g/mol. The molecule has 0 radical (unpaired) electrons. The van der Waals surface area contributed by atoms with E-state index < -0.39 is 21.3 Å². The van der Waals surface area contributed by atoms with Crippen molar-refractivity contribution in [3.05, 3.63) is 56.9 Å². The van der Waals surface area contributed by atoms with Gasteiger partial charge in [0.2, 0.25) is 0 Å². The van der Waals surface area contributed by atoms with Crippen molar-refractivity contribution < 1.29 is 8.42 Å². The molecule has 8 nitrogen and oxygen atoms in total. The second kappa shape index (κ2) is 7.23. The molecule has 0 amide bonds. The summed E-state index contributed by atoms with van der Waals surface area (Å²) >= 11 is 0. The Balaban J connectivity index is 2.27. The summed E-state index contributed by atoms with van der Waals surface area (Å²) in [7, 11) is -4.03. The third-order valence-corrected chi connectivity index (χ3v) is 6.61. The summed E-state index contributed by atoms with van der Waals surface area (Å²) in [5.41, 5.74) is -0.105. The van der Waals surface area contributed by atoms with Crippen LogP contribution in [0.3, 0.4) is 0 Å². The summed E-state index contributed by atoms with van der Waals surface area (Å²) < 4.78 is 29.6. The lowest BCUT2D eigenvalue weighted by Gasteiger charge is -2.19. The summed E-state index contributed by atoms with van der Waals surface area (Å²) in [6, 6.07) is 5.93. The molecular formula is C21H28N4O4S. The topological polar surface area (TPSA) is 96.0 Å². The molecule has 0 saturated heterocycles. The average molecular weight is 433 g/mol. The van der Waals surface area contributed by atoms with Crippen LogP contribution >= 0.6 is 0 Å². The second-order valence-corrected chi connectivity index (χ2v) is 10.8. The van der Waals surface area contributed by atoms with Crippen LogP contribution in [0.15, 0.2) is 44.9 Å². The van der Waals surface area contributed by atoms with Gasteiger partial charge >= 0.3 is 5.69 Å². The van der Waals surface area contributed by atoms with Crippen LogP contribution in [0.2, 0.25) is 0 Å². The first-order valence-corrected chi connectivity index (χ1v) is 11.3. The molecule has 0 aliphatic carbocycles. The summed E-state index contributed by atoms with van der Waals surface area (Å²) in [5.74, 6) is 0. The van der Waals surface area contributed by atoms with Gasteiger partial charge in [-0.15, -0.1) is 5.10 Å². The maximum absolute atomic E-state index is 13.2. The normalized spacial score (nSPS) is 13.0. The van der Waals surface area contributed by atoms with Crippen LogP contribution in [0.1, 0.15) is 66.1 Å². The second-order valence-electron chi connectivity index (χ2n) is 9.03. The SMILES string of the molecule is CC(C)n1c(=O)c2cn(S(=O)(=O)c3ccc(C(C)(C)C)cc3)nc2n(C(C)C)c1=O. The minimum absolute atomic E-state index is 0.0611. The molecule has 162 valence electrons. The molecule has 0 atom stereocenters. The standard InChI is InChI=1S/C21H28N4O4S/c1-13(2)24-18-17(19(26)25(14(3)4)20(24)27)12-23(22-18)30(28,29)16-10-8-15(9-11-16)21(5,6)7/h8-14H,1-7H3. The van der Waals surface area contributed by atoms with Gasteiger partial charge in [0, 0.05) is 12.1 Å². The highest BCUT2D eigenvalue weighted by Crippen LogP contribution is 2.24. The van der Waals surface area contributed by atoms with Gasteiger partial charge in [0.1, 0.15) is 5.39 Å². The van der Waals surface area contributed by atoms with Crippen LogP contribution in [0.5, 0.6) is 0 Å². The zero-order valence-corrected chi connectivity index (χ0v) is 19.2. The van der Waals surface area contributed by atoms with E-state index in [1.54, 1.807) is 39.8 Å². The van der Waals surface area contributed by atoms with Crippen molar-refractivity contribution in [1.29, 1.82) is 0 Å². The fourth-order valence-electron chi connectivity index (χ4n) is 3.38. The highest BCUT2D eigenvalue weighted by Gasteiger charge is 2.25. The highest BCUT2D eigenvalue weighted by molar-refractivity contribution is 7.89. The Kier molecular flexibility index (Phi) is 5.30. The minimum atomic E-state index is -4.03. The Hall–Kier alpha value is -2.68. The molecule has 0 N–H and O–H groups in total. The molecule has 3 rings (SSSR count). The fraction of sp³-hybridized carbons (Fsp3) is 0.476. The lowest BCUT2D eigenvalue weighted by Crippen LogP contribution is -2.41. The molecule has 30 heavy (non-hydrogen) atoms. The van der Waals surface area contributed by atoms with Gasteiger partial charge in [-0.05, 0) is 50.8 Å². The van der Waals surface area contributed by atoms with Crippen LogP contribution in [0, 0.1) is 0 Å². The van der Waals surface area contributed by atoms with E-state index in [2.05, 4.69) is 5.10 Å². The average Bonchev–Trinajstić information content (AvgIpc) is 3.06. The molecule has 9 heteroatoms. The Morgan fingerprint density at radius 1 is 0.900 bits per heavy atom. The van der Waals surface area contributed by atoms with Crippen LogP contribution in [0.25, 0.3) is 11.0 Å². The molecule has 2 aromatic heterocycles. The van der Waals surface area contributed by atoms with Gasteiger partial charge in [-0.1, -0.05) is 32.9 Å². The first-order chi connectivity index (χ1) is 13.8. The van der Waals surface area contributed by atoms with Crippen molar-refractivity contribution in [2.45, 2.75) is 70.9 Å². The van der Waals surface area contributed by atoms with Crippen molar-refractivity contribution in [3.63, 3.8) is 0 Å². The molecule has 0 spiro atoms. The number of hydrogen-bond acceptors (Lipinski definition) is 5. The summed E-state index contributed by atoms with van der Waals surface area (Å²) in [4.78, 5) is 25.8. The third-order valence-electron chi connectivity index (χ3n) is 5.06. The van der Waals surface area contributed by atoms with E-state index in [9.17, 15) is 18.0 Å². The maximum Gasteiger partial charge on any atom is 0.333 e. The lowest BCUT2D eigenvalue weighted by atomic mass is 9.87. The molecule has 0 saturated carbocycles. The van der Waals surface area contributed by atoms with Gasteiger partial charge in [0.05, 0.1) is 11.1 Å². The molecule has 0 unspecified atom stereocenters. The van der Waals surface area contributed by atoms with Gasteiger partial charge in [-0.3, -0.25) is 13.9 Å². The number of benzene rings is 1. The number of nitrogens with zero attached hydrogens (tertiary/aromatic N) is 4. The lowest BCUT2D eigenvalue weighted by molar-refractivity contribution is 0.486. The molecule has 0 bridgehead atoms. The number of aromatic nitrogens is 4. The van der Waals surface area contributed by atoms with Gasteiger partial charge < -0.3 is 0 Å². The number of fused-ring (bicyclic) bond motifs is 1. The van der Waals surface area contributed by atoms with Crippen molar-refractivity contribution >= 4 is 21.1 Å². The fourth-order valence-corrected chi connectivity index (χ4v) is 4.50. The molecule has 2 heterocycles. The van der Waals surface area contributed by atoms with Crippen molar-refractivity contribution in [3.8, 4) is 0 Å². The molecule has 0 aliphatic rings. The number of rotatable bonds is 4. The van der Waals surface area contributed by atoms with E-state index in [4.69, 9.17) is 0 Å². The van der Waals surface area contributed by atoms with Gasteiger partial charge in [-0.2, -0.15) is 12.5 Å². The quantitative estimate of drug-likeness (QED) is 0.631. The van der Waals surface area contributed by atoms with E-state index in [0.29, 0.717) is 0 Å². The predicted molar refractivity (Wildman–Crippen MR) is 117 cm³/mol. The molecule has 0 aliphatic heterocycles. The van der Waals surface area contributed by atoms with E-state index >= 15 is 0 Å². The minimum Gasteiger partial charge on any atom is -0.273 e. The Labute approximate surface area is 175 Å². The van der Waals surface area contributed by atoms with E-state index in [-0.39, 0.29) is 33.4 Å². The third kappa shape index (κ3) is 3.51. The van der Waals surface area contributed by atoms with Crippen LogP contribution in [-0.4, -0.2) is 26.7 Å². The molecule has 1 aromatic carbocycles. The maximum atomic E-state index is 13.2. The van der Waals surface area contributed by atoms with E-state index in [1.165, 1.54) is 22.9 Å². The number of hydrogen-bond donors (Lipinski definition) is 0. The first-order valence-electron chi connectivity index (χ1n) is 9.89. The Bertz CT molecular complexity index is 1320.